The number of rotatable bonds is 11. The summed E-state index contributed by atoms with van der Waals surface area (Å²) >= 11 is 10.1. The van der Waals surface area contributed by atoms with E-state index in [1.54, 1.807) is 84.9 Å². The molecule has 3 amide bonds. The van der Waals surface area contributed by atoms with Gasteiger partial charge in [-0.15, -0.1) is 11.8 Å². The summed E-state index contributed by atoms with van der Waals surface area (Å²) in [6, 6.07) is 22.7. The van der Waals surface area contributed by atoms with Crippen molar-refractivity contribution in [3.8, 4) is 0 Å². The van der Waals surface area contributed by atoms with Gasteiger partial charge in [-0.05, 0) is 65.9 Å². The van der Waals surface area contributed by atoms with Crippen LogP contribution >= 0.6 is 46.7 Å². The van der Waals surface area contributed by atoms with Gasteiger partial charge in [-0.2, -0.15) is 9.36 Å². The van der Waals surface area contributed by atoms with Crippen molar-refractivity contribution in [2.45, 2.75) is 17.0 Å². The van der Waals surface area contributed by atoms with Crippen molar-refractivity contribution < 1.29 is 14.4 Å². The first kappa shape index (κ1) is 29.3. The minimum Gasteiger partial charge on any atom is -0.321 e. The SMILES string of the molecule is CCSc1nsc(NC(=O)CSc2ccc(NC(=O)/C(=C/c3cccc(Cl)c3)NC(=O)c3ccccc3)cc2)n1. The third kappa shape index (κ3) is 8.95. The van der Waals surface area contributed by atoms with Crippen molar-refractivity contribution in [3.05, 3.63) is 101 Å². The first-order valence-electron chi connectivity index (χ1n) is 12.0. The zero-order valence-electron chi connectivity index (χ0n) is 21.2. The largest absolute Gasteiger partial charge is 0.321 e. The molecule has 204 valence electrons. The van der Waals surface area contributed by atoms with E-state index in [0.717, 1.165) is 22.2 Å². The number of hydrogen-bond donors (Lipinski definition) is 3. The Balaban J connectivity index is 1.38. The fourth-order valence-corrected chi connectivity index (χ4v) is 5.47. The summed E-state index contributed by atoms with van der Waals surface area (Å²) in [6.45, 7) is 2.01. The Labute approximate surface area is 249 Å². The molecule has 0 spiro atoms. The highest BCUT2D eigenvalue weighted by Gasteiger charge is 2.15. The van der Waals surface area contributed by atoms with Crippen LogP contribution in [0.25, 0.3) is 6.08 Å². The van der Waals surface area contributed by atoms with Gasteiger partial charge < -0.3 is 10.6 Å². The van der Waals surface area contributed by atoms with Crippen molar-refractivity contribution in [1.29, 1.82) is 0 Å². The summed E-state index contributed by atoms with van der Waals surface area (Å²) in [7, 11) is 0. The summed E-state index contributed by atoms with van der Waals surface area (Å²) in [5.41, 5.74) is 1.66. The summed E-state index contributed by atoms with van der Waals surface area (Å²) in [4.78, 5) is 43.4. The predicted molar refractivity (Wildman–Crippen MR) is 164 cm³/mol. The van der Waals surface area contributed by atoms with E-state index in [-0.39, 0.29) is 17.4 Å². The lowest BCUT2D eigenvalue weighted by Crippen LogP contribution is -2.30. The molecule has 8 nitrogen and oxygen atoms in total. The highest BCUT2D eigenvalue weighted by Crippen LogP contribution is 2.23. The van der Waals surface area contributed by atoms with Crippen LogP contribution in [0.1, 0.15) is 22.8 Å². The monoisotopic (exact) mass is 609 g/mol. The van der Waals surface area contributed by atoms with E-state index >= 15 is 0 Å². The zero-order valence-corrected chi connectivity index (χ0v) is 24.4. The highest BCUT2D eigenvalue weighted by atomic mass is 35.5. The van der Waals surface area contributed by atoms with Crippen LogP contribution in [0.4, 0.5) is 10.8 Å². The quantitative estimate of drug-likeness (QED) is 0.132. The van der Waals surface area contributed by atoms with Crippen LogP contribution in [0, 0.1) is 0 Å². The smallest absolute Gasteiger partial charge is 0.272 e. The molecular weight excluding hydrogens is 586 g/mol. The molecule has 1 aromatic heterocycles. The molecule has 0 fully saturated rings. The van der Waals surface area contributed by atoms with Crippen LogP contribution in [0.3, 0.4) is 0 Å². The molecule has 4 aromatic rings. The van der Waals surface area contributed by atoms with Gasteiger partial charge >= 0.3 is 0 Å². The second-order valence-electron chi connectivity index (χ2n) is 8.06. The molecule has 1 heterocycles. The molecule has 0 atom stereocenters. The molecular formula is C28H24ClN5O3S3. The highest BCUT2D eigenvalue weighted by molar-refractivity contribution is 8.00. The fraction of sp³-hybridized carbons (Fsp3) is 0.107. The van der Waals surface area contributed by atoms with Crippen LogP contribution in [-0.4, -0.2) is 38.6 Å². The minimum absolute atomic E-state index is 0.0587. The van der Waals surface area contributed by atoms with E-state index < -0.39 is 11.8 Å². The van der Waals surface area contributed by atoms with Crippen molar-refractivity contribution in [2.24, 2.45) is 0 Å². The maximum atomic E-state index is 13.2. The maximum absolute atomic E-state index is 13.2. The minimum atomic E-state index is -0.498. The number of amides is 3. The average molecular weight is 610 g/mol. The number of nitrogens with one attached hydrogen (secondary N) is 3. The van der Waals surface area contributed by atoms with Gasteiger partial charge in [0.2, 0.25) is 16.2 Å². The molecule has 4 rings (SSSR count). The Hall–Kier alpha value is -3.64. The number of aromatic nitrogens is 2. The number of anilines is 2. The standard InChI is InChI=1S/C28H24ClN5O3S3/c1-2-38-28-33-27(40-34-28)32-24(35)17-39-22-13-11-21(12-14-22)30-26(37)23(16-18-7-6-10-20(29)15-18)31-25(36)19-8-4-3-5-9-19/h3-16H,2,17H2,1H3,(H,30,37)(H,31,36)(H,32,33,34,35)/b23-16-. The summed E-state index contributed by atoms with van der Waals surface area (Å²) in [5, 5.41) is 9.90. The number of thioether (sulfide) groups is 2. The number of benzene rings is 3. The first-order chi connectivity index (χ1) is 19.4. The van der Waals surface area contributed by atoms with Gasteiger partial charge in [0, 0.05) is 32.7 Å². The van der Waals surface area contributed by atoms with Gasteiger partial charge in [0.1, 0.15) is 5.70 Å². The second-order valence-corrected chi connectivity index (χ2v) is 11.5. The van der Waals surface area contributed by atoms with E-state index in [4.69, 9.17) is 11.6 Å². The molecule has 0 saturated carbocycles. The van der Waals surface area contributed by atoms with Crippen molar-refractivity contribution >= 4 is 81.3 Å². The number of nitrogens with zero attached hydrogens (tertiary/aromatic N) is 2. The van der Waals surface area contributed by atoms with Crippen LogP contribution in [-0.2, 0) is 9.59 Å². The van der Waals surface area contributed by atoms with E-state index in [2.05, 4.69) is 25.3 Å². The van der Waals surface area contributed by atoms with Gasteiger partial charge in [0.15, 0.2) is 0 Å². The van der Waals surface area contributed by atoms with E-state index in [1.807, 2.05) is 6.92 Å². The Bertz CT molecular complexity index is 1510. The number of hydrogen-bond acceptors (Lipinski definition) is 8. The van der Waals surface area contributed by atoms with Crippen molar-refractivity contribution in [2.75, 3.05) is 22.1 Å². The lowest BCUT2D eigenvalue weighted by molar-refractivity contribution is -0.114. The van der Waals surface area contributed by atoms with Crippen LogP contribution in [0.2, 0.25) is 5.02 Å². The van der Waals surface area contributed by atoms with Crippen LogP contribution < -0.4 is 16.0 Å². The molecule has 12 heteroatoms. The Morgan fingerprint density at radius 3 is 2.45 bits per heavy atom. The first-order valence-corrected chi connectivity index (χ1v) is 15.2. The second kappa shape index (κ2) is 14.7. The topological polar surface area (TPSA) is 113 Å². The molecule has 0 radical (unpaired) electrons. The molecule has 0 aliphatic heterocycles. The molecule has 0 unspecified atom stereocenters. The normalized spacial score (nSPS) is 11.1. The van der Waals surface area contributed by atoms with Crippen molar-refractivity contribution in [3.63, 3.8) is 0 Å². The molecule has 3 N–H and O–H groups in total. The number of carbonyl (C=O) groups is 3. The van der Waals surface area contributed by atoms with Gasteiger partial charge in [0.05, 0.1) is 5.75 Å². The summed E-state index contributed by atoms with van der Waals surface area (Å²) in [6.07, 6.45) is 1.56. The lowest BCUT2D eigenvalue weighted by atomic mass is 10.1. The fourth-order valence-electron chi connectivity index (χ4n) is 3.29. The molecule has 0 bridgehead atoms. The lowest BCUT2D eigenvalue weighted by Gasteiger charge is -2.12. The summed E-state index contributed by atoms with van der Waals surface area (Å²) < 4.78 is 4.19. The van der Waals surface area contributed by atoms with Gasteiger partial charge in [-0.1, -0.05) is 60.6 Å². The molecule has 0 saturated heterocycles. The third-order valence-electron chi connectivity index (χ3n) is 5.10. The maximum Gasteiger partial charge on any atom is 0.272 e. The van der Waals surface area contributed by atoms with Gasteiger partial charge in [-0.25, -0.2) is 0 Å². The molecule has 0 aliphatic rings. The van der Waals surface area contributed by atoms with Crippen LogP contribution in [0.15, 0.2) is 94.6 Å². The molecule has 3 aromatic carbocycles. The van der Waals surface area contributed by atoms with E-state index in [1.165, 1.54) is 23.5 Å². The Kier molecular flexibility index (Phi) is 10.8. The number of halogens is 1. The van der Waals surface area contributed by atoms with Crippen molar-refractivity contribution in [1.82, 2.24) is 14.7 Å². The van der Waals surface area contributed by atoms with Crippen LogP contribution in [0.5, 0.6) is 0 Å². The molecule has 40 heavy (non-hydrogen) atoms. The Morgan fingerprint density at radius 2 is 1.73 bits per heavy atom. The third-order valence-corrected chi connectivity index (χ3v) is 7.82. The zero-order chi connectivity index (χ0) is 28.3. The number of carbonyl (C=O) groups excluding carboxylic acids is 3. The predicted octanol–water partition coefficient (Wildman–Crippen LogP) is 6.44. The van der Waals surface area contributed by atoms with Gasteiger partial charge in [0.25, 0.3) is 11.8 Å². The van der Waals surface area contributed by atoms with Gasteiger partial charge in [-0.3, -0.25) is 19.7 Å². The molecule has 0 aliphatic carbocycles. The van der Waals surface area contributed by atoms with E-state index in [0.29, 0.717) is 32.1 Å². The van der Waals surface area contributed by atoms with E-state index in [9.17, 15) is 14.4 Å². The summed E-state index contributed by atoms with van der Waals surface area (Å²) in [5.74, 6) is -0.0428. The average Bonchev–Trinajstić information content (AvgIpc) is 3.39. The Morgan fingerprint density at radius 1 is 0.950 bits per heavy atom.